The number of imide groups is 1. The highest BCUT2D eigenvalue weighted by atomic mass is 19.1. The van der Waals surface area contributed by atoms with Gasteiger partial charge < -0.3 is 11.1 Å². The van der Waals surface area contributed by atoms with Gasteiger partial charge in [-0.1, -0.05) is 0 Å². The first-order valence-electron chi connectivity index (χ1n) is 5.71. The SMILES string of the molecule is C[C@H]([NH2+][C@H](C)c1ccc(F)cc1F)C(=O)NC(N)=O. The lowest BCUT2D eigenvalue weighted by atomic mass is 10.1. The van der Waals surface area contributed by atoms with Crippen LogP contribution in [0.5, 0.6) is 0 Å². The molecule has 1 aromatic rings. The number of amides is 3. The molecular weight excluding hydrogens is 256 g/mol. The average molecular weight is 272 g/mol. The second-order valence-corrected chi connectivity index (χ2v) is 4.29. The Balaban J connectivity index is 2.71. The number of hydrogen-bond donors (Lipinski definition) is 3. The number of quaternary nitrogens is 1. The zero-order valence-electron chi connectivity index (χ0n) is 10.6. The fourth-order valence-corrected chi connectivity index (χ4v) is 1.73. The summed E-state index contributed by atoms with van der Waals surface area (Å²) in [7, 11) is 0. The number of benzene rings is 1. The Bertz CT molecular complexity index is 494. The first kappa shape index (κ1) is 15.0. The van der Waals surface area contributed by atoms with E-state index in [-0.39, 0.29) is 5.56 Å². The van der Waals surface area contributed by atoms with E-state index in [4.69, 9.17) is 5.73 Å². The number of primary amides is 1. The standard InChI is InChI=1S/C12H15F2N3O2/c1-6(9-4-3-8(13)5-10(9)14)16-7(2)11(18)17-12(15)19/h3-7,16H,1-2H3,(H3,15,17,18,19)/p+1/t6-,7+/m1/s1. The van der Waals surface area contributed by atoms with Gasteiger partial charge in [-0.3, -0.25) is 10.1 Å². The quantitative estimate of drug-likeness (QED) is 0.729. The zero-order chi connectivity index (χ0) is 14.6. The third-order valence-electron chi connectivity index (χ3n) is 2.69. The summed E-state index contributed by atoms with van der Waals surface area (Å²) in [6.07, 6.45) is 0. The molecule has 0 radical (unpaired) electrons. The highest BCUT2D eigenvalue weighted by molar-refractivity contribution is 5.95. The van der Waals surface area contributed by atoms with E-state index in [0.717, 1.165) is 12.1 Å². The third kappa shape index (κ3) is 4.29. The van der Waals surface area contributed by atoms with E-state index in [2.05, 4.69) is 0 Å². The Labute approximate surface area is 109 Å². The lowest BCUT2D eigenvalue weighted by molar-refractivity contribution is -0.710. The Kier molecular flexibility index (Phi) is 4.94. The molecule has 104 valence electrons. The maximum Gasteiger partial charge on any atom is 0.319 e. The van der Waals surface area contributed by atoms with Gasteiger partial charge in [-0.25, -0.2) is 13.6 Å². The molecule has 0 aliphatic carbocycles. The van der Waals surface area contributed by atoms with Gasteiger partial charge in [-0.15, -0.1) is 0 Å². The van der Waals surface area contributed by atoms with E-state index < -0.39 is 35.7 Å². The summed E-state index contributed by atoms with van der Waals surface area (Å²) in [4.78, 5) is 22.0. The Hall–Kier alpha value is -2.02. The Morgan fingerprint density at radius 3 is 2.47 bits per heavy atom. The van der Waals surface area contributed by atoms with E-state index in [9.17, 15) is 18.4 Å². The molecule has 0 unspecified atom stereocenters. The zero-order valence-corrected chi connectivity index (χ0v) is 10.6. The van der Waals surface area contributed by atoms with E-state index in [1.54, 1.807) is 19.2 Å². The number of carbonyl (C=O) groups is 2. The van der Waals surface area contributed by atoms with Crippen molar-refractivity contribution < 1.29 is 23.7 Å². The minimum absolute atomic E-state index is 0.278. The first-order valence-corrected chi connectivity index (χ1v) is 5.71. The lowest BCUT2D eigenvalue weighted by Gasteiger charge is -2.16. The topological polar surface area (TPSA) is 88.8 Å². The molecule has 0 bridgehead atoms. The average Bonchev–Trinajstić information content (AvgIpc) is 2.27. The van der Waals surface area contributed by atoms with Crippen LogP contribution in [-0.2, 0) is 4.79 Å². The van der Waals surface area contributed by atoms with Crippen molar-refractivity contribution in [3.05, 3.63) is 35.4 Å². The number of nitrogens with one attached hydrogen (secondary N) is 1. The number of carbonyl (C=O) groups excluding carboxylic acids is 2. The largest absolute Gasteiger partial charge is 0.351 e. The maximum absolute atomic E-state index is 13.5. The summed E-state index contributed by atoms with van der Waals surface area (Å²) < 4.78 is 26.3. The monoisotopic (exact) mass is 272 g/mol. The number of hydrogen-bond acceptors (Lipinski definition) is 2. The van der Waals surface area contributed by atoms with Crippen LogP contribution in [-0.4, -0.2) is 18.0 Å². The molecule has 0 saturated heterocycles. The summed E-state index contributed by atoms with van der Waals surface area (Å²) in [6.45, 7) is 3.22. The molecule has 1 rings (SSSR count). The van der Waals surface area contributed by atoms with Crippen molar-refractivity contribution >= 4 is 11.9 Å². The van der Waals surface area contributed by atoms with Crippen LogP contribution in [0.4, 0.5) is 13.6 Å². The van der Waals surface area contributed by atoms with Crippen molar-refractivity contribution in [2.24, 2.45) is 5.73 Å². The van der Waals surface area contributed by atoms with Crippen LogP contribution in [0.25, 0.3) is 0 Å². The van der Waals surface area contributed by atoms with Crippen molar-refractivity contribution in [1.82, 2.24) is 5.32 Å². The highest BCUT2D eigenvalue weighted by Crippen LogP contribution is 2.14. The van der Waals surface area contributed by atoms with Gasteiger partial charge in [0, 0.05) is 11.6 Å². The number of halogens is 2. The molecule has 0 saturated carbocycles. The lowest BCUT2D eigenvalue weighted by Crippen LogP contribution is -2.92. The maximum atomic E-state index is 13.5. The molecule has 19 heavy (non-hydrogen) atoms. The molecule has 7 heteroatoms. The molecule has 0 aliphatic rings. The van der Waals surface area contributed by atoms with Crippen LogP contribution in [0.2, 0.25) is 0 Å². The van der Waals surface area contributed by atoms with Gasteiger partial charge >= 0.3 is 6.03 Å². The van der Waals surface area contributed by atoms with E-state index in [0.29, 0.717) is 0 Å². The van der Waals surface area contributed by atoms with E-state index in [1.807, 2.05) is 5.32 Å². The summed E-state index contributed by atoms with van der Waals surface area (Å²) in [5.74, 6) is -1.90. The van der Waals surface area contributed by atoms with Gasteiger partial charge in [0.1, 0.15) is 17.7 Å². The van der Waals surface area contributed by atoms with Crippen LogP contribution in [0.15, 0.2) is 18.2 Å². The second-order valence-electron chi connectivity index (χ2n) is 4.29. The van der Waals surface area contributed by atoms with Crippen LogP contribution < -0.4 is 16.4 Å². The van der Waals surface area contributed by atoms with Crippen molar-refractivity contribution in [2.45, 2.75) is 25.9 Å². The molecule has 1 aromatic carbocycles. The van der Waals surface area contributed by atoms with Crippen LogP contribution >= 0.6 is 0 Å². The number of urea groups is 1. The second kappa shape index (κ2) is 6.24. The van der Waals surface area contributed by atoms with Gasteiger partial charge in [-0.2, -0.15) is 0 Å². The van der Waals surface area contributed by atoms with Gasteiger partial charge in [-0.05, 0) is 26.0 Å². The van der Waals surface area contributed by atoms with Gasteiger partial charge in [0.25, 0.3) is 5.91 Å². The summed E-state index contributed by atoms with van der Waals surface area (Å²) in [5.41, 5.74) is 5.11. The fraction of sp³-hybridized carbons (Fsp3) is 0.333. The van der Waals surface area contributed by atoms with Crippen molar-refractivity contribution in [1.29, 1.82) is 0 Å². The predicted octanol–water partition coefficient (Wildman–Crippen LogP) is 0.173. The van der Waals surface area contributed by atoms with Crippen LogP contribution in [0.1, 0.15) is 25.5 Å². The smallest absolute Gasteiger partial charge is 0.319 e. The normalized spacial score (nSPS) is 13.7. The molecule has 0 aliphatic heterocycles. The molecule has 0 fully saturated rings. The summed E-state index contributed by atoms with van der Waals surface area (Å²) >= 11 is 0. The molecule has 0 heterocycles. The highest BCUT2D eigenvalue weighted by Gasteiger charge is 2.23. The molecule has 0 aromatic heterocycles. The van der Waals surface area contributed by atoms with Gasteiger partial charge in [0.2, 0.25) is 0 Å². The molecular formula is C12H16F2N3O2+. The Morgan fingerprint density at radius 2 is 1.95 bits per heavy atom. The molecule has 3 amide bonds. The van der Waals surface area contributed by atoms with Gasteiger partial charge in [0.05, 0.1) is 0 Å². The minimum Gasteiger partial charge on any atom is -0.351 e. The van der Waals surface area contributed by atoms with Crippen molar-refractivity contribution in [3.63, 3.8) is 0 Å². The van der Waals surface area contributed by atoms with Crippen molar-refractivity contribution in [2.75, 3.05) is 0 Å². The summed E-state index contributed by atoms with van der Waals surface area (Å²) in [5, 5.41) is 3.49. The number of nitrogens with two attached hydrogens (primary N) is 2. The Morgan fingerprint density at radius 1 is 1.32 bits per heavy atom. The molecule has 2 atom stereocenters. The molecule has 5 nitrogen and oxygen atoms in total. The molecule has 5 N–H and O–H groups in total. The van der Waals surface area contributed by atoms with Crippen LogP contribution in [0, 0.1) is 11.6 Å². The van der Waals surface area contributed by atoms with Crippen molar-refractivity contribution in [3.8, 4) is 0 Å². The third-order valence-corrected chi connectivity index (χ3v) is 2.69. The summed E-state index contributed by atoms with van der Waals surface area (Å²) in [6, 6.07) is 1.28. The first-order chi connectivity index (χ1) is 8.81. The van der Waals surface area contributed by atoms with Crippen LogP contribution in [0.3, 0.4) is 0 Å². The predicted molar refractivity (Wildman–Crippen MR) is 63.9 cm³/mol. The van der Waals surface area contributed by atoms with Gasteiger partial charge in [0.15, 0.2) is 6.04 Å². The number of rotatable bonds is 4. The molecule has 0 spiro atoms. The minimum atomic E-state index is -0.939. The van der Waals surface area contributed by atoms with E-state index >= 15 is 0 Å². The fourth-order valence-electron chi connectivity index (χ4n) is 1.73. The van der Waals surface area contributed by atoms with E-state index in [1.165, 1.54) is 6.07 Å².